The maximum Gasteiger partial charge on any atom is 0.223 e. The normalized spacial score (nSPS) is 45.2. The zero-order chi connectivity index (χ0) is 9.59. The molecule has 0 unspecified atom stereocenters. The zero-order valence-electron chi connectivity index (χ0n) is 7.13. The Bertz CT molecular complexity index is 232. The fraction of sp³-hybridized carbons (Fsp3) is 0.875. The maximum absolute atomic E-state index is 11.3. The van der Waals surface area contributed by atoms with E-state index in [1.54, 1.807) is 0 Å². The molecule has 0 radical (unpaired) electrons. The van der Waals surface area contributed by atoms with E-state index in [1.165, 1.54) is 4.90 Å². The van der Waals surface area contributed by atoms with E-state index in [4.69, 9.17) is 0 Å². The average molecular weight is 187 g/mol. The van der Waals surface area contributed by atoms with Crippen LogP contribution in [0.5, 0.6) is 0 Å². The van der Waals surface area contributed by atoms with Crippen molar-refractivity contribution in [2.75, 3.05) is 6.54 Å². The van der Waals surface area contributed by atoms with Crippen LogP contribution in [0.15, 0.2) is 0 Å². The van der Waals surface area contributed by atoms with Gasteiger partial charge in [-0.25, -0.2) is 0 Å². The molecule has 0 spiro atoms. The van der Waals surface area contributed by atoms with Crippen LogP contribution in [0.2, 0.25) is 0 Å². The summed E-state index contributed by atoms with van der Waals surface area (Å²) in [4.78, 5) is 12.7. The first-order chi connectivity index (χ1) is 6.11. The summed E-state index contributed by atoms with van der Waals surface area (Å²) < 4.78 is 0. The number of fused-ring (bicyclic) bond motifs is 1. The topological polar surface area (TPSA) is 81.0 Å². The Morgan fingerprint density at radius 3 is 2.54 bits per heavy atom. The van der Waals surface area contributed by atoms with E-state index in [2.05, 4.69) is 0 Å². The first kappa shape index (κ1) is 8.93. The van der Waals surface area contributed by atoms with Crippen molar-refractivity contribution in [3.8, 4) is 0 Å². The molecular formula is C8H13NO4. The molecule has 74 valence electrons. The van der Waals surface area contributed by atoms with E-state index in [9.17, 15) is 20.1 Å². The minimum Gasteiger partial charge on any atom is -0.391 e. The van der Waals surface area contributed by atoms with Crippen molar-refractivity contribution in [2.45, 2.75) is 37.2 Å². The summed E-state index contributed by atoms with van der Waals surface area (Å²) in [6.07, 6.45) is -1.94. The zero-order valence-corrected chi connectivity index (χ0v) is 7.13. The molecule has 13 heavy (non-hydrogen) atoms. The molecule has 0 aromatic heterocycles. The number of carbonyl (C=O) groups excluding carboxylic acids is 1. The standard InChI is InChI=1S/C8H13NO4/c10-4-1-2-6(12)9-3-5(11)8(13)7(4)9/h4-5,7-8,10-11,13H,1-3H2/t4-,5-,7+,8-/m1/s1. The van der Waals surface area contributed by atoms with Crippen LogP contribution in [-0.4, -0.2) is 57.0 Å². The van der Waals surface area contributed by atoms with Crippen LogP contribution < -0.4 is 0 Å². The number of rotatable bonds is 0. The molecule has 2 aliphatic heterocycles. The van der Waals surface area contributed by atoms with Gasteiger partial charge in [0.2, 0.25) is 5.91 Å². The van der Waals surface area contributed by atoms with Crippen LogP contribution in [0.25, 0.3) is 0 Å². The van der Waals surface area contributed by atoms with Gasteiger partial charge < -0.3 is 20.2 Å². The predicted molar refractivity (Wildman–Crippen MR) is 42.8 cm³/mol. The summed E-state index contributed by atoms with van der Waals surface area (Å²) in [6, 6.07) is -0.601. The lowest BCUT2D eigenvalue weighted by atomic mass is 9.97. The van der Waals surface area contributed by atoms with Gasteiger partial charge in [-0.3, -0.25) is 4.79 Å². The molecular weight excluding hydrogens is 174 g/mol. The highest BCUT2D eigenvalue weighted by atomic mass is 16.3. The molecule has 4 atom stereocenters. The summed E-state index contributed by atoms with van der Waals surface area (Å²) in [7, 11) is 0. The molecule has 5 heteroatoms. The highest BCUT2D eigenvalue weighted by molar-refractivity contribution is 5.78. The van der Waals surface area contributed by atoms with Gasteiger partial charge >= 0.3 is 0 Å². The molecule has 0 aromatic carbocycles. The molecule has 0 aromatic rings. The largest absolute Gasteiger partial charge is 0.391 e. The number of aliphatic hydroxyl groups is 3. The first-order valence-electron chi connectivity index (χ1n) is 4.45. The van der Waals surface area contributed by atoms with Crippen LogP contribution >= 0.6 is 0 Å². The van der Waals surface area contributed by atoms with Crippen LogP contribution in [0.1, 0.15) is 12.8 Å². The smallest absolute Gasteiger partial charge is 0.223 e. The molecule has 0 aliphatic carbocycles. The van der Waals surface area contributed by atoms with Crippen LogP contribution in [0.3, 0.4) is 0 Å². The van der Waals surface area contributed by atoms with Crippen molar-refractivity contribution in [3.63, 3.8) is 0 Å². The van der Waals surface area contributed by atoms with Gasteiger partial charge in [0.15, 0.2) is 0 Å². The second-order valence-electron chi connectivity index (χ2n) is 3.70. The summed E-state index contributed by atoms with van der Waals surface area (Å²) in [5.74, 6) is -0.0918. The van der Waals surface area contributed by atoms with Gasteiger partial charge in [0, 0.05) is 13.0 Å². The molecule has 2 fully saturated rings. The summed E-state index contributed by atoms with van der Waals surface area (Å²) in [6.45, 7) is 0.141. The fourth-order valence-electron chi connectivity index (χ4n) is 2.13. The van der Waals surface area contributed by atoms with Gasteiger partial charge in [0.25, 0.3) is 0 Å². The molecule has 3 N–H and O–H groups in total. The van der Waals surface area contributed by atoms with Gasteiger partial charge in [0.05, 0.1) is 18.2 Å². The fourth-order valence-corrected chi connectivity index (χ4v) is 2.13. The number of nitrogens with zero attached hydrogens (tertiary/aromatic N) is 1. The van der Waals surface area contributed by atoms with E-state index in [1.807, 2.05) is 0 Å². The van der Waals surface area contributed by atoms with E-state index >= 15 is 0 Å². The quantitative estimate of drug-likeness (QED) is 0.412. The van der Waals surface area contributed by atoms with Gasteiger partial charge in [-0.15, -0.1) is 0 Å². The Morgan fingerprint density at radius 2 is 1.92 bits per heavy atom. The minimum absolute atomic E-state index is 0.0918. The van der Waals surface area contributed by atoms with Gasteiger partial charge in [0.1, 0.15) is 6.10 Å². The van der Waals surface area contributed by atoms with Crippen molar-refractivity contribution < 1.29 is 20.1 Å². The molecule has 0 bridgehead atoms. The average Bonchev–Trinajstić information content (AvgIpc) is 2.38. The first-order valence-corrected chi connectivity index (χ1v) is 4.45. The molecule has 5 nitrogen and oxygen atoms in total. The van der Waals surface area contributed by atoms with Gasteiger partial charge in [-0.05, 0) is 6.42 Å². The lowest BCUT2D eigenvalue weighted by Gasteiger charge is -2.34. The third kappa shape index (κ3) is 1.23. The number of hydrogen-bond donors (Lipinski definition) is 3. The second-order valence-corrected chi connectivity index (χ2v) is 3.70. The van der Waals surface area contributed by atoms with Gasteiger partial charge in [-0.1, -0.05) is 0 Å². The molecule has 2 heterocycles. The Hall–Kier alpha value is -0.650. The third-order valence-corrected chi connectivity index (χ3v) is 2.86. The van der Waals surface area contributed by atoms with E-state index in [0.717, 1.165) is 0 Å². The Labute approximate surface area is 75.6 Å². The molecule has 2 rings (SSSR count). The van der Waals surface area contributed by atoms with Crippen molar-refractivity contribution in [3.05, 3.63) is 0 Å². The lowest BCUT2D eigenvalue weighted by Crippen LogP contribution is -2.51. The van der Waals surface area contributed by atoms with Crippen LogP contribution in [0.4, 0.5) is 0 Å². The lowest BCUT2D eigenvalue weighted by molar-refractivity contribution is -0.141. The van der Waals surface area contributed by atoms with Crippen molar-refractivity contribution in [2.24, 2.45) is 0 Å². The number of carbonyl (C=O) groups is 1. The second kappa shape index (κ2) is 2.94. The van der Waals surface area contributed by atoms with Crippen molar-refractivity contribution in [1.29, 1.82) is 0 Å². The van der Waals surface area contributed by atoms with Crippen molar-refractivity contribution >= 4 is 5.91 Å². The maximum atomic E-state index is 11.3. The highest BCUT2D eigenvalue weighted by Crippen LogP contribution is 2.28. The monoisotopic (exact) mass is 187 g/mol. The predicted octanol–water partition coefficient (Wildman–Crippen LogP) is -1.93. The van der Waals surface area contributed by atoms with E-state index < -0.39 is 24.4 Å². The van der Waals surface area contributed by atoms with Crippen LogP contribution in [0, 0.1) is 0 Å². The number of amides is 1. The Morgan fingerprint density at radius 1 is 1.23 bits per heavy atom. The minimum atomic E-state index is -1.00. The number of hydrogen-bond acceptors (Lipinski definition) is 4. The van der Waals surface area contributed by atoms with Gasteiger partial charge in [-0.2, -0.15) is 0 Å². The number of aliphatic hydroxyl groups excluding tert-OH is 3. The highest BCUT2D eigenvalue weighted by Gasteiger charge is 2.48. The van der Waals surface area contributed by atoms with E-state index in [0.29, 0.717) is 12.8 Å². The summed E-state index contributed by atoms with van der Waals surface area (Å²) >= 11 is 0. The Balaban J connectivity index is 2.22. The third-order valence-electron chi connectivity index (χ3n) is 2.86. The molecule has 0 saturated carbocycles. The van der Waals surface area contributed by atoms with Crippen LogP contribution in [-0.2, 0) is 4.79 Å². The number of piperidine rings is 1. The molecule has 2 aliphatic rings. The van der Waals surface area contributed by atoms with E-state index in [-0.39, 0.29) is 12.5 Å². The SMILES string of the molecule is O=C1CC[C@@H](O)[C@H]2[C@H](O)[C@H](O)CN12. The summed E-state index contributed by atoms with van der Waals surface area (Å²) in [5.41, 5.74) is 0. The molecule has 1 amide bonds. The Kier molecular flexibility index (Phi) is 2.02. The molecule has 2 saturated heterocycles. The van der Waals surface area contributed by atoms with Crippen molar-refractivity contribution in [1.82, 2.24) is 4.90 Å². The summed E-state index contributed by atoms with van der Waals surface area (Å²) in [5, 5.41) is 28.3.